The number of thioether (sulfide) groups is 1. The minimum Gasteiger partial charge on any atom is -0.338 e. The van der Waals surface area contributed by atoms with E-state index in [2.05, 4.69) is 51.4 Å². The number of likely N-dealkylation sites (tertiary alicyclic amines) is 2. The number of benzene rings is 1. The average Bonchev–Trinajstić information content (AvgIpc) is 3.44. The SMILES string of the molecule is Cc1cccc(-n2ccnc2SCC(=O)N2CCCC2CN2CCCC2)c1C. The Labute approximate surface area is 172 Å². The molecule has 150 valence electrons. The second kappa shape index (κ2) is 8.70. The minimum atomic E-state index is 0.252. The van der Waals surface area contributed by atoms with Crippen LogP contribution in [-0.4, -0.2) is 63.2 Å². The molecule has 2 saturated heterocycles. The summed E-state index contributed by atoms with van der Waals surface area (Å²) in [7, 11) is 0. The summed E-state index contributed by atoms with van der Waals surface area (Å²) in [5.41, 5.74) is 3.65. The highest BCUT2D eigenvalue weighted by Crippen LogP contribution is 2.26. The third kappa shape index (κ3) is 4.13. The third-order valence-corrected chi connectivity index (χ3v) is 7.08. The van der Waals surface area contributed by atoms with Gasteiger partial charge in [0.05, 0.1) is 11.4 Å². The molecule has 28 heavy (non-hydrogen) atoms. The average molecular weight is 399 g/mol. The summed E-state index contributed by atoms with van der Waals surface area (Å²) in [6.07, 6.45) is 8.69. The number of hydrogen-bond acceptors (Lipinski definition) is 4. The lowest BCUT2D eigenvalue weighted by Gasteiger charge is -2.28. The van der Waals surface area contributed by atoms with E-state index < -0.39 is 0 Å². The number of carbonyl (C=O) groups excluding carboxylic acids is 1. The summed E-state index contributed by atoms with van der Waals surface area (Å²) in [6, 6.07) is 6.71. The summed E-state index contributed by atoms with van der Waals surface area (Å²) >= 11 is 1.55. The first-order valence-corrected chi connectivity index (χ1v) is 11.4. The second-order valence-corrected chi connectivity index (χ2v) is 8.92. The van der Waals surface area contributed by atoms with Crippen LogP contribution in [0.4, 0.5) is 0 Å². The largest absolute Gasteiger partial charge is 0.338 e. The van der Waals surface area contributed by atoms with Crippen molar-refractivity contribution in [3.63, 3.8) is 0 Å². The lowest BCUT2D eigenvalue weighted by molar-refractivity contribution is -0.129. The molecule has 1 aromatic heterocycles. The maximum absolute atomic E-state index is 12.9. The first-order valence-electron chi connectivity index (χ1n) is 10.4. The molecule has 5 nitrogen and oxygen atoms in total. The van der Waals surface area contributed by atoms with E-state index in [0.717, 1.165) is 36.8 Å². The van der Waals surface area contributed by atoms with Crippen LogP contribution in [0, 0.1) is 13.8 Å². The van der Waals surface area contributed by atoms with E-state index in [1.807, 2.05) is 12.4 Å². The quantitative estimate of drug-likeness (QED) is 0.696. The monoisotopic (exact) mass is 398 g/mol. The predicted molar refractivity (Wildman–Crippen MR) is 114 cm³/mol. The maximum atomic E-state index is 12.9. The lowest BCUT2D eigenvalue weighted by Crippen LogP contribution is -2.43. The number of nitrogens with zero attached hydrogens (tertiary/aromatic N) is 4. The van der Waals surface area contributed by atoms with E-state index in [1.54, 1.807) is 11.8 Å². The normalized spacial score (nSPS) is 20.2. The number of aromatic nitrogens is 2. The highest BCUT2D eigenvalue weighted by atomic mass is 32.2. The van der Waals surface area contributed by atoms with Crippen molar-refractivity contribution >= 4 is 17.7 Å². The van der Waals surface area contributed by atoms with Crippen molar-refractivity contribution in [2.24, 2.45) is 0 Å². The van der Waals surface area contributed by atoms with Crippen molar-refractivity contribution in [2.45, 2.75) is 50.7 Å². The number of carbonyl (C=O) groups is 1. The van der Waals surface area contributed by atoms with Gasteiger partial charge >= 0.3 is 0 Å². The Hall–Kier alpha value is -1.79. The zero-order valence-corrected chi connectivity index (χ0v) is 17.7. The molecular weight excluding hydrogens is 368 g/mol. The van der Waals surface area contributed by atoms with Gasteiger partial charge in [-0.1, -0.05) is 23.9 Å². The van der Waals surface area contributed by atoms with Crippen molar-refractivity contribution in [3.05, 3.63) is 41.7 Å². The fourth-order valence-electron chi connectivity index (χ4n) is 4.40. The van der Waals surface area contributed by atoms with Gasteiger partial charge in [-0.2, -0.15) is 0 Å². The summed E-state index contributed by atoms with van der Waals surface area (Å²) in [4.78, 5) is 22.1. The molecule has 1 atom stereocenters. The van der Waals surface area contributed by atoms with Gasteiger partial charge in [-0.15, -0.1) is 0 Å². The molecule has 2 fully saturated rings. The molecule has 2 aliphatic heterocycles. The number of hydrogen-bond donors (Lipinski definition) is 0. The Balaban J connectivity index is 1.40. The highest BCUT2D eigenvalue weighted by molar-refractivity contribution is 7.99. The van der Waals surface area contributed by atoms with Gasteiger partial charge in [0.15, 0.2) is 5.16 Å². The molecule has 0 bridgehead atoms. The van der Waals surface area contributed by atoms with Gasteiger partial charge in [-0.3, -0.25) is 9.36 Å². The molecule has 0 aliphatic carbocycles. The number of rotatable bonds is 6. The van der Waals surface area contributed by atoms with E-state index in [0.29, 0.717) is 11.8 Å². The van der Waals surface area contributed by atoms with E-state index in [1.165, 1.54) is 37.1 Å². The van der Waals surface area contributed by atoms with Crippen LogP contribution in [0.15, 0.2) is 35.7 Å². The Morgan fingerprint density at radius 1 is 1.18 bits per heavy atom. The van der Waals surface area contributed by atoms with Crippen molar-refractivity contribution in [2.75, 3.05) is 31.9 Å². The van der Waals surface area contributed by atoms with Gasteiger partial charge < -0.3 is 9.80 Å². The first kappa shape index (κ1) is 19.5. The Morgan fingerprint density at radius 2 is 2.00 bits per heavy atom. The molecule has 0 spiro atoms. The molecule has 1 unspecified atom stereocenters. The number of imidazole rings is 1. The number of amides is 1. The highest BCUT2D eigenvalue weighted by Gasteiger charge is 2.30. The van der Waals surface area contributed by atoms with Crippen LogP contribution in [0.3, 0.4) is 0 Å². The second-order valence-electron chi connectivity index (χ2n) is 7.98. The third-order valence-electron chi connectivity index (χ3n) is 6.13. The summed E-state index contributed by atoms with van der Waals surface area (Å²) in [5, 5.41) is 0.886. The summed E-state index contributed by atoms with van der Waals surface area (Å²) in [5.74, 6) is 0.709. The molecule has 1 amide bonds. The Morgan fingerprint density at radius 3 is 2.82 bits per heavy atom. The van der Waals surface area contributed by atoms with Crippen molar-refractivity contribution in [1.82, 2.24) is 19.4 Å². The topological polar surface area (TPSA) is 41.4 Å². The lowest BCUT2D eigenvalue weighted by atomic mass is 10.1. The first-order chi connectivity index (χ1) is 13.6. The molecule has 2 aliphatic rings. The Kier molecular flexibility index (Phi) is 6.07. The van der Waals surface area contributed by atoms with Gasteiger partial charge in [-0.25, -0.2) is 4.98 Å². The smallest absolute Gasteiger partial charge is 0.233 e. The maximum Gasteiger partial charge on any atom is 0.233 e. The zero-order valence-electron chi connectivity index (χ0n) is 16.9. The molecule has 3 heterocycles. The fourth-order valence-corrected chi connectivity index (χ4v) is 5.25. The van der Waals surface area contributed by atoms with Gasteiger partial charge in [0.2, 0.25) is 5.91 Å². The van der Waals surface area contributed by atoms with E-state index in [9.17, 15) is 4.79 Å². The van der Waals surface area contributed by atoms with Gasteiger partial charge in [0.1, 0.15) is 0 Å². The van der Waals surface area contributed by atoms with E-state index in [-0.39, 0.29) is 5.91 Å². The van der Waals surface area contributed by atoms with Gasteiger partial charge in [0, 0.05) is 31.5 Å². The molecular formula is C22H30N4OS. The van der Waals surface area contributed by atoms with Crippen LogP contribution in [0.25, 0.3) is 5.69 Å². The van der Waals surface area contributed by atoms with Crippen molar-refractivity contribution in [1.29, 1.82) is 0 Å². The van der Waals surface area contributed by atoms with Crippen molar-refractivity contribution in [3.8, 4) is 5.69 Å². The summed E-state index contributed by atoms with van der Waals surface area (Å²) < 4.78 is 2.10. The molecule has 2 aromatic rings. The molecule has 0 N–H and O–H groups in total. The standard InChI is InChI=1S/C22H30N4OS/c1-17-7-5-9-20(18(17)2)26-14-10-23-22(26)28-16-21(27)25-13-6-8-19(25)15-24-11-3-4-12-24/h5,7,9-10,14,19H,3-4,6,8,11-13,15-16H2,1-2H3. The van der Waals surface area contributed by atoms with Crippen LogP contribution < -0.4 is 0 Å². The molecule has 0 radical (unpaired) electrons. The van der Waals surface area contributed by atoms with Gasteiger partial charge in [0.25, 0.3) is 0 Å². The molecule has 1 aromatic carbocycles. The van der Waals surface area contributed by atoms with Gasteiger partial charge in [-0.05, 0) is 69.8 Å². The summed E-state index contributed by atoms with van der Waals surface area (Å²) in [6.45, 7) is 8.61. The van der Waals surface area contributed by atoms with Crippen LogP contribution >= 0.6 is 11.8 Å². The Bertz CT molecular complexity index is 828. The molecule has 6 heteroatoms. The van der Waals surface area contributed by atoms with Crippen LogP contribution in [0.2, 0.25) is 0 Å². The zero-order chi connectivity index (χ0) is 19.5. The molecule has 4 rings (SSSR count). The fraction of sp³-hybridized carbons (Fsp3) is 0.545. The predicted octanol–water partition coefficient (Wildman–Crippen LogP) is 3.67. The van der Waals surface area contributed by atoms with Crippen LogP contribution in [0.5, 0.6) is 0 Å². The van der Waals surface area contributed by atoms with E-state index in [4.69, 9.17) is 0 Å². The number of aryl methyl sites for hydroxylation is 1. The van der Waals surface area contributed by atoms with Crippen LogP contribution in [0.1, 0.15) is 36.8 Å². The van der Waals surface area contributed by atoms with E-state index >= 15 is 0 Å². The molecule has 0 saturated carbocycles. The van der Waals surface area contributed by atoms with Crippen molar-refractivity contribution < 1.29 is 4.79 Å². The minimum absolute atomic E-state index is 0.252. The van der Waals surface area contributed by atoms with Crippen LogP contribution in [-0.2, 0) is 4.79 Å².